The van der Waals surface area contributed by atoms with Crippen molar-refractivity contribution in [2.45, 2.75) is 13.5 Å². The molecule has 2 N–H and O–H groups in total. The van der Waals surface area contributed by atoms with E-state index >= 15 is 0 Å². The van der Waals surface area contributed by atoms with E-state index in [4.69, 9.17) is 18.0 Å². The Balaban J connectivity index is 3.15. The second kappa shape index (κ2) is 4.32. The minimum atomic E-state index is -2.87. The summed E-state index contributed by atoms with van der Waals surface area (Å²) in [5.74, 6) is 0.0509. The molecule has 0 radical (unpaired) electrons. The van der Waals surface area contributed by atoms with Gasteiger partial charge in [-0.1, -0.05) is 24.4 Å². The summed E-state index contributed by atoms with van der Waals surface area (Å²) in [7, 11) is 0. The normalized spacial score (nSPS) is 10.3. The van der Waals surface area contributed by atoms with Crippen LogP contribution in [0.1, 0.15) is 11.1 Å². The number of benzene rings is 1. The third-order valence-corrected chi connectivity index (χ3v) is 1.90. The van der Waals surface area contributed by atoms with Gasteiger partial charge in [0.05, 0.1) is 5.56 Å². The van der Waals surface area contributed by atoms with Gasteiger partial charge in [0, 0.05) is 0 Å². The van der Waals surface area contributed by atoms with Gasteiger partial charge in [-0.3, -0.25) is 0 Å². The third kappa shape index (κ3) is 2.38. The van der Waals surface area contributed by atoms with Gasteiger partial charge in [0.15, 0.2) is 0 Å². The molecule has 0 amide bonds. The number of nitrogens with two attached hydrogens (primary N) is 1. The molecule has 2 nitrogen and oxygen atoms in total. The minimum absolute atomic E-state index is 0.0457. The van der Waals surface area contributed by atoms with Crippen molar-refractivity contribution in [3.8, 4) is 5.75 Å². The Morgan fingerprint density at radius 1 is 1.50 bits per heavy atom. The van der Waals surface area contributed by atoms with Gasteiger partial charge >= 0.3 is 6.61 Å². The molecule has 0 fully saturated rings. The van der Waals surface area contributed by atoms with Crippen LogP contribution in [0, 0.1) is 6.92 Å². The van der Waals surface area contributed by atoms with Crippen molar-refractivity contribution in [3.63, 3.8) is 0 Å². The van der Waals surface area contributed by atoms with E-state index in [1.807, 2.05) is 0 Å². The molecule has 0 aromatic heterocycles. The van der Waals surface area contributed by atoms with Gasteiger partial charge in [-0.25, -0.2) is 0 Å². The molecular formula is C9H9F2NOS. The summed E-state index contributed by atoms with van der Waals surface area (Å²) in [6, 6.07) is 4.88. The molecule has 1 aromatic carbocycles. The average Bonchev–Trinajstić information content (AvgIpc) is 2.07. The maximum Gasteiger partial charge on any atom is 0.387 e. The Morgan fingerprint density at radius 3 is 2.64 bits per heavy atom. The van der Waals surface area contributed by atoms with Crippen LogP contribution in [0.5, 0.6) is 5.75 Å². The molecule has 0 aliphatic rings. The summed E-state index contributed by atoms with van der Waals surface area (Å²) in [4.78, 5) is 0.0457. The predicted molar refractivity (Wildman–Crippen MR) is 53.7 cm³/mol. The van der Waals surface area contributed by atoms with Crippen LogP contribution in [0.15, 0.2) is 18.2 Å². The van der Waals surface area contributed by atoms with Crippen LogP contribution in [0.2, 0.25) is 0 Å². The van der Waals surface area contributed by atoms with Crippen molar-refractivity contribution in [3.05, 3.63) is 29.3 Å². The fourth-order valence-electron chi connectivity index (χ4n) is 1.09. The zero-order chi connectivity index (χ0) is 10.7. The van der Waals surface area contributed by atoms with Crippen molar-refractivity contribution in [1.29, 1.82) is 0 Å². The van der Waals surface area contributed by atoms with Crippen molar-refractivity contribution < 1.29 is 13.5 Å². The Kier molecular flexibility index (Phi) is 3.35. The van der Waals surface area contributed by atoms with Crippen molar-refractivity contribution in [2.24, 2.45) is 5.73 Å². The third-order valence-electron chi connectivity index (χ3n) is 1.68. The average molecular weight is 217 g/mol. The lowest BCUT2D eigenvalue weighted by Gasteiger charge is -2.11. The Morgan fingerprint density at radius 2 is 2.14 bits per heavy atom. The first kappa shape index (κ1) is 10.8. The van der Waals surface area contributed by atoms with Crippen LogP contribution < -0.4 is 10.5 Å². The number of hydrogen-bond acceptors (Lipinski definition) is 2. The van der Waals surface area contributed by atoms with Gasteiger partial charge in [0.25, 0.3) is 0 Å². The number of hydrogen-bond donors (Lipinski definition) is 1. The van der Waals surface area contributed by atoms with E-state index in [0.717, 1.165) is 0 Å². The fourth-order valence-corrected chi connectivity index (χ4v) is 1.25. The van der Waals surface area contributed by atoms with Crippen LogP contribution in [0.3, 0.4) is 0 Å². The standard InChI is InChI=1S/C9H9F2NOS/c1-5-3-2-4-6(8(12)14)7(5)13-9(10)11/h2-4,9H,1H3,(H2,12,14). The first-order valence-electron chi connectivity index (χ1n) is 3.86. The molecule has 1 aromatic rings. The molecule has 0 aliphatic heterocycles. The zero-order valence-electron chi connectivity index (χ0n) is 7.46. The molecule has 76 valence electrons. The summed E-state index contributed by atoms with van der Waals surface area (Å²) in [5.41, 5.74) is 6.28. The molecule has 0 bridgehead atoms. The molecule has 14 heavy (non-hydrogen) atoms. The van der Waals surface area contributed by atoms with Crippen molar-refractivity contribution in [2.75, 3.05) is 0 Å². The minimum Gasteiger partial charge on any atom is -0.434 e. The molecule has 0 unspecified atom stereocenters. The Labute approximate surface area is 85.7 Å². The molecule has 0 heterocycles. The van der Waals surface area contributed by atoms with E-state index in [9.17, 15) is 8.78 Å². The molecule has 0 atom stereocenters. The summed E-state index contributed by atoms with van der Waals surface area (Å²) in [5, 5.41) is 0. The lowest BCUT2D eigenvalue weighted by Crippen LogP contribution is -2.14. The SMILES string of the molecule is Cc1cccc(C(N)=S)c1OC(F)F. The molecule has 0 saturated carbocycles. The van der Waals surface area contributed by atoms with Crippen molar-refractivity contribution in [1.82, 2.24) is 0 Å². The number of alkyl halides is 2. The number of thiocarbonyl (C=S) groups is 1. The van der Waals surface area contributed by atoms with E-state index in [-0.39, 0.29) is 10.7 Å². The van der Waals surface area contributed by atoms with Gasteiger partial charge in [-0.15, -0.1) is 0 Å². The number of para-hydroxylation sites is 1. The number of halogens is 2. The number of aryl methyl sites for hydroxylation is 1. The highest BCUT2D eigenvalue weighted by Crippen LogP contribution is 2.24. The highest BCUT2D eigenvalue weighted by molar-refractivity contribution is 7.80. The maximum absolute atomic E-state index is 12.0. The predicted octanol–water partition coefficient (Wildman–Crippen LogP) is 2.23. The smallest absolute Gasteiger partial charge is 0.387 e. The highest BCUT2D eigenvalue weighted by atomic mass is 32.1. The second-order valence-corrected chi connectivity index (χ2v) is 3.13. The molecule has 1 rings (SSSR count). The highest BCUT2D eigenvalue weighted by Gasteiger charge is 2.13. The van der Waals surface area contributed by atoms with E-state index in [1.54, 1.807) is 25.1 Å². The Hall–Kier alpha value is -1.23. The van der Waals surface area contributed by atoms with E-state index in [0.29, 0.717) is 11.1 Å². The van der Waals surface area contributed by atoms with Gasteiger partial charge in [-0.05, 0) is 18.6 Å². The summed E-state index contributed by atoms with van der Waals surface area (Å²) in [6.45, 7) is -1.22. The number of ether oxygens (including phenoxy) is 1. The topological polar surface area (TPSA) is 35.2 Å². The quantitative estimate of drug-likeness (QED) is 0.788. The van der Waals surface area contributed by atoms with Gasteiger partial charge < -0.3 is 10.5 Å². The summed E-state index contributed by atoms with van der Waals surface area (Å²) >= 11 is 4.71. The lowest BCUT2D eigenvalue weighted by molar-refractivity contribution is -0.0503. The Bertz CT molecular complexity index is 355. The molecular weight excluding hydrogens is 208 g/mol. The lowest BCUT2D eigenvalue weighted by atomic mass is 10.1. The largest absolute Gasteiger partial charge is 0.434 e. The van der Waals surface area contributed by atoms with E-state index in [2.05, 4.69) is 4.74 Å². The molecule has 0 aliphatic carbocycles. The van der Waals surface area contributed by atoms with Gasteiger partial charge in [0.2, 0.25) is 0 Å². The summed E-state index contributed by atoms with van der Waals surface area (Å²) in [6.07, 6.45) is 0. The zero-order valence-corrected chi connectivity index (χ0v) is 8.28. The van der Waals surface area contributed by atoms with Crippen LogP contribution in [0.4, 0.5) is 8.78 Å². The van der Waals surface area contributed by atoms with Crippen molar-refractivity contribution >= 4 is 17.2 Å². The first-order valence-corrected chi connectivity index (χ1v) is 4.27. The van der Waals surface area contributed by atoms with Crippen LogP contribution in [-0.4, -0.2) is 11.6 Å². The van der Waals surface area contributed by atoms with Crippen LogP contribution in [-0.2, 0) is 0 Å². The van der Waals surface area contributed by atoms with Crippen LogP contribution in [0.25, 0.3) is 0 Å². The molecule has 0 saturated heterocycles. The second-order valence-electron chi connectivity index (χ2n) is 2.69. The summed E-state index contributed by atoms with van der Waals surface area (Å²) < 4.78 is 28.4. The fraction of sp³-hybridized carbons (Fsp3) is 0.222. The van der Waals surface area contributed by atoms with Crippen LogP contribution >= 0.6 is 12.2 Å². The molecule has 0 spiro atoms. The number of rotatable bonds is 3. The van der Waals surface area contributed by atoms with Gasteiger partial charge in [0.1, 0.15) is 10.7 Å². The van der Waals surface area contributed by atoms with E-state index in [1.165, 1.54) is 0 Å². The monoisotopic (exact) mass is 217 g/mol. The van der Waals surface area contributed by atoms with E-state index < -0.39 is 6.61 Å². The molecule has 5 heteroatoms. The first-order chi connectivity index (χ1) is 6.52. The maximum atomic E-state index is 12.0. The van der Waals surface area contributed by atoms with Gasteiger partial charge in [-0.2, -0.15) is 8.78 Å².